The van der Waals surface area contributed by atoms with Crippen LogP contribution < -0.4 is 10.1 Å². The molecule has 0 saturated heterocycles. The Morgan fingerprint density at radius 2 is 2.18 bits per heavy atom. The van der Waals surface area contributed by atoms with Crippen LogP contribution in [0.25, 0.3) is 0 Å². The molecule has 6 atom stereocenters. The van der Waals surface area contributed by atoms with Crippen molar-refractivity contribution in [3.8, 4) is 5.75 Å². The second kappa shape index (κ2) is 7.16. The van der Waals surface area contributed by atoms with Crippen LogP contribution in [0.15, 0.2) is 35.7 Å². The van der Waals surface area contributed by atoms with Gasteiger partial charge in [-0.25, -0.2) is 0 Å². The molecule has 0 amide bonds. The molecule has 150 valence electrons. The van der Waals surface area contributed by atoms with E-state index in [2.05, 4.69) is 48.0 Å². The van der Waals surface area contributed by atoms with E-state index >= 15 is 0 Å². The van der Waals surface area contributed by atoms with Crippen LogP contribution in [-0.4, -0.2) is 24.4 Å². The molecule has 0 bridgehead atoms. The predicted molar refractivity (Wildman–Crippen MR) is 114 cm³/mol. The van der Waals surface area contributed by atoms with Gasteiger partial charge >= 0.3 is 0 Å². The van der Waals surface area contributed by atoms with Crippen molar-refractivity contribution in [1.82, 2.24) is 5.32 Å². The normalized spacial score (nSPS) is 36.5. The lowest BCUT2D eigenvalue weighted by Gasteiger charge is -2.50. The molecule has 1 heterocycles. The Morgan fingerprint density at radius 1 is 1.29 bits per heavy atom. The number of hydrogen-bond donors (Lipinski definition) is 2. The molecule has 28 heavy (non-hydrogen) atoms. The van der Waals surface area contributed by atoms with E-state index in [0.29, 0.717) is 17.8 Å². The van der Waals surface area contributed by atoms with Crippen LogP contribution in [0.2, 0.25) is 0 Å². The number of rotatable bonds is 4. The highest BCUT2D eigenvalue weighted by atomic mass is 32.1. The Bertz CT molecular complexity index is 835. The lowest BCUT2D eigenvalue weighted by atomic mass is 9.55. The Morgan fingerprint density at radius 3 is 2.96 bits per heavy atom. The van der Waals surface area contributed by atoms with Crippen LogP contribution in [0.4, 0.5) is 0 Å². The first-order valence-corrected chi connectivity index (χ1v) is 11.6. The fraction of sp³-hybridized carbons (Fsp3) is 0.583. The molecular formula is C24H31NO2S. The first-order valence-electron chi connectivity index (χ1n) is 10.7. The zero-order chi connectivity index (χ0) is 19.3. The van der Waals surface area contributed by atoms with E-state index in [4.69, 9.17) is 4.74 Å². The van der Waals surface area contributed by atoms with Crippen molar-refractivity contribution in [3.05, 3.63) is 51.7 Å². The van der Waals surface area contributed by atoms with Gasteiger partial charge in [0.15, 0.2) is 0 Å². The van der Waals surface area contributed by atoms with E-state index in [1.54, 1.807) is 24.0 Å². The maximum Gasteiger partial charge on any atom is 0.119 e. The predicted octanol–water partition coefficient (Wildman–Crippen LogP) is 4.74. The first kappa shape index (κ1) is 18.7. The summed E-state index contributed by atoms with van der Waals surface area (Å²) in [5.74, 6) is 2.93. The standard InChI is InChI=1S/C24H31NO2S/c1-24-10-9-19-18-8-6-16(27-2)12-15(18)5-7-20(19)21(24)13-22(23(24)26)25-14-17-4-3-11-28-17/h3-4,6,8,11-12,19-23,25-26H,5,7,9-10,13-14H2,1-2H3/t19-,20-,21+,22+,23+,24+/m1/s1. The van der Waals surface area contributed by atoms with Gasteiger partial charge < -0.3 is 15.2 Å². The summed E-state index contributed by atoms with van der Waals surface area (Å²) in [5, 5.41) is 17.1. The summed E-state index contributed by atoms with van der Waals surface area (Å²) in [6.07, 6.45) is 5.58. The van der Waals surface area contributed by atoms with Crippen molar-refractivity contribution in [1.29, 1.82) is 0 Å². The molecule has 2 fully saturated rings. The molecule has 4 heteroatoms. The first-order chi connectivity index (χ1) is 13.6. The van der Waals surface area contributed by atoms with E-state index < -0.39 is 0 Å². The Hall–Kier alpha value is -1.36. The Kier molecular flexibility index (Phi) is 4.77. The van der Waals surface area contributed by atoms with E-state index in [0.717, 1.165) is 31.6 Å². The van der Waals surface area contributed by atoms with Crippen molar-refractivity contribution in [2.75, 3.05) is 7.11 Å². The highest BCUT2D eigenvalue weighted by molar-refractivity contribution is 7.09. The minimum atomic E-state index is -0.240. The van der Waals surface area contributed by atoms with E-state index in [1.165, 1.54) is 23.3 Å². The van der Waals surface area contributed by atoms with Crippen molar-refractivity contribution in [3.63, 3.8) is 0 Å². The topological polar surface area (TPSA) is 41.5 Å². The lowest BCUT2D eigenvalue weighted by molar-refractivity contribution is -0.0281. The van der Waals surface area contributed by atoms with Gasteiger partial charge in [-0.15, -0.1) is 11.3 Å². The number of benzene rings is 1. The summed E-state index contributed by atoms with van der Waals surface area (Å²) in [5.41, 5.74) is 3.08. The van der Waals surface area contributed by atoms with Crippen LogP contribution in [0, 0.1) is 17.3 Å². The number of methoxy groups -OCH3 is 1. The highest BCUT2D eigenvalue weighted by Gasteiger charge is 2.57. The van der Waals surface area contributed by atoms with Gasteiger partial charge in [0.05, 0.1) is 13.2 Å². The van der Waals surface area contributed by atoms with Gasteiger partial charge in [-0.05, 0) is 90.0 Å². The molecule has 0 aliphatic heterocycles. The zero-order valence-electron chi connectivity index (χ0n) is 16.9. The molecule has 3 nitrogen and oxygen atoms in total. The van der Waals surface area contributed by atoms with E-state index in [9.17, 15) is 5.11 Å². The summed E-state index contributed by atoms with van der Waals surface area (Å²) in [7, 11) is 1.75. The third kappa shape index (κ3) is 2.92. The molecule has 3 aliphatic rings. The summed E-state index contributed by atoms with van der Waals surface area (Å²) in [4.78, 5) is 1.35. The molecule has 0 radical (unpaired) electrons. The second-order valence-corrected chi connectivity index (χ2v) is 10.3. The van der Waals surface area contributed by atoms with Gasteiger partial charge in [-0.1, -0.05) is 19.1 Å². The van der Waals surface area contributed by atoms with E-state index in [1.807, 2.05) is 0 Å². The molecule has 1 aromatic heterocycles. The quantitative estimate of drug-likeness (QED) is 0.783. The smallest absolute Gasteiger partial charge is 0.119 e. The monoisotopic (exact) mass is 397 g/mol. The molecule has 5 rings (SSSR count). The summed E-state index contributed by atoms with van der Waals surface area (Å²) in [6, 6.07) is 11.2. The summed E-state index contributed by atoms with van der Waals surface area (Å²) >= 11 is 1.79. The largest absolute Gasteiger partial charge is 0.497 e. The van der Waals surface area contributed by atoms with Gasteiger partial charge in [-0.2, -0.15) is 0 Å². The number of aliphatic hydroxyl groups is 1. The van der Waals surface area contributed by atoms with Gasteiger partial charge in [0.2, 0.25) is 0 Å². The average molecular weight is 398 g/mol. The summed E-state index contributed by atoms with van der Waals surface area (Å²) < 4.78 is 5.45. The molecular weight excluding hydrogens is 366 g/mol. The lowest BCUT2D eigenvalue weighted by Crippen LogP contribution is -2.46. The molecule has 2 aromatic rings. The number of thiophene rings is 1. The number of fused-ring (bicyclic) bond motifs is 5. The maximum absolute atomic E-state index is 11.3. The average Bonchev–Trinajstić information content (AvgIpc) is 3.32. The third-order valence-corrected chi connectivity index (χ3v) is 8.93. The molecule has 3 aliphatic carbocycles. The number of aryl methyl sites for hydroxylation is 1. The molecule has 0 unspecified atom stereocenters. The minimum Gasteiger partial charge on any atom is -0.497 e. The van der Waals surface area contributed by atoms with Crippen LogP contribution >= 0.6 is 11.3 Å². The van der Waals surface area contributed by atoms with Crippen LogP contribution in [0.1, 0.15) is 54.5 Å². The fourth-order valence-electron chi connectivity index (χ4n) is 6.55. The van der Waals surface area contributed by atoms with Crippen molar-refractivity contribution in [2.45, 2.75) is 63.6 Å². The minimum absolute atomic E-state index is 0.0538. The van der Waals surface area contributed by atoms with Crippen LogP contribution in [0.5, 0.6) is 5.75 Å². The number of aliphatic hydroxyl groups excluding tert-OH is 1. The molecule has 2 saturated carbocycles. The summed E-state index contributed by atoms with van der Waals surface area (Å²) in [6.45, 7) is 3.23. The van der Waals surface area contributed by atoms with Gasteiger partial charge in [0.25, 0.3) is 0 Å². The number of ether oxygens (including phenoxy) is 1. The SMILES string of the molecule is COc1ccc2c(c1)CC[C@@H]1[C@@H]2CC[C@]2(C)[C@@H](O)[C@@H](NCc3cccs3)C[C@@H]12. The van der Waals surface area contributed by atoms with Crippen molar-refractivity contribution < 1.29 is 9.84 Å². The van der Waals surface area contributed by atoms with E-state index in [-0.39, 0.29) is 17.6 Å². The zero-order valence-corrected chi connectivity index (χ0v) is 17.7. The molecule has 2 N–H and O–H groups in total. The molecule has 0 spiro atoms. The van der Waals surface area contributed by atoms with Gasteiger partial charge in [0.1, 0.15) is 5.75 Å². The van der Waals surface area contributed by atoms with Crippen LogP contribution in [-0.2, 0) is 13.0 Å². The van der Waals surface area contributed by atoms with Crippen molar-refractivity contribution in [2.24, 2.45) is 17.3 Å². The number of hydrogen-bond acceptors (Lipinski definition) is 4. The Labute approximate surface area is 172 Å². The van der Waals surface area contributed by atoms with Crippen molar-refractivity contribution >= 4 is 11.3 Å². The highest BCUT2D eigenvalue weighted by Crippen LogP contribution is 2.61. The second-order valence-electron chi connectivity index (χ2n) is 9.27. The third-order valence-electron chi connectivity index (χ3n) is 8.05. The molecule has 1 aromatic carbocycles. The number of nitrogens with one attached hydrogen (secondary N) is 1. The van der Waals surface area contributed by atoms with Crippen LogP contribution in [0.3, 0.4) is 0 Å². The maximum atomic E-state index is 11.3. The van der Waals surface area contributed by atoms with Gasteiger partial charge in [0, 0.05) is 17.5 Å². The van der Waals surface area contributed by atoms with Gasteiger partial charge in [-0.3, -0.25) is 0 Å². The fourth-order valence-corrected chi connectivity index (χ4v) is 7.20. The Balaban J connectivity index is 1.37.